The molecule has 7 nitrogen and oxygen atoms in total. The molecule has 1 aromatic heterocycles. The van der Waals surface area contributed by atoms with E-state index < -0.39 is 17.2 Å². The number of carbonyl (C=O) groups is 2. The van der Waals surface area contributed by atoms with Crippen molar-refractivity contribution in [3.8, 4) is 0 Å². The van der Waals surface area contributed by atoms with Gasteiger partial charge < -0.3 is 19.5 Å². The van der Waals surface area contributed by atoms with Crippen molar-refractivity contribution in [3.05, 3.63) is 33.9 Å². The minimum absolute atomic E-state index is 0.0637. The predicted octanol–water partition coefficient (Wildman–Crippen LogP) is 1.22. The van der Waals surface area contributed by atoms with Crippen molar-refractivity contribution in [2.24, 2.45) is 0 Å². The van der Waals surface area contributed by atoms with Crippen LogP contribution in [0.15, 0.2) is 22.0 Å². The van der Waals surface area contributed by atoms with Crippen molar-refractivity contribution in [1.29, 1.82) is 0 Å². The van der Waals surface area contributed by atoms with Crippen LogP contribution in [-0.2, 0) is 11.3 Å². The van der Waals surface area contributed by atoms with E-state index in [4.69, 9.17) is 0 Å². The first-order valence-electron chi connectivity index (χ1n) is 8.13. The van der Waals surface area contributed by atoms with Crippen molar-refractivity contribution < 1.29 is 19.1 Å². The van der Waals surface area contributed by atoms with Gasteiger partial charge in [-0.2, -0.15) is 0 Å². The van der Waals surface area contributed by atoms with E-state index in [9.17, 15) is 23.9 Å². The molecule has 2 aliphatic rings. The van der Waals surface area contributed by atoms with E-state index in [1.807, 2.05) is 0 Å². The Morgan fingerprint density at radius 3 is 2.73 bits per heavy atom. The van der Waals surface area contributed by atoms with E-state index in [1.54, 1.807) is 21.4 Å². The Bertz CT molecular complexity index is 1020. The third-order valence-corrected chi connectivity index (χ3v) is 5.89. The van der Waals surface area contributed by atoms with Gasteiger partial charge >= 0.3 is 5.97 Å². The molecule has 1 saturated heterocycles. The average molecular weight is 377 g/mol. The highest BCUT2D eigenvalue weighted by atomic mass is 32.2. The van der Waals surface area contributed by atoms with Crippen molar-refractivity contribution in [1.82, 2.24) is 9.47 Å². The lowest BCUT2D eigenvalue weighted by Crippen LogP contribution is -2.49. The molecule has 3 heterocycles. The Hall–Kier alpha value is -2.55. The topological polar surface area (TPSA) is 82.8 Å². The number of nitrogens with zero attached hydrogens (tertiary/aromatic N) is 3. The van der Waals surface area contributed by atoms with Crippen molar-refractivity contribution in [2.75, 3.05) is 37.3 Å². The van der Waals surface area contributed by atoms with Crippen LogP contribution < -0.4 is 10.3 Å². The normalized spacial score (nSPS) is 17.1. The molecule has 0 atom stereocenters. The van der Waals surface area contributed by atoms with Crippen LogP contribution in [0.4, 0.5) is 10.1 Å². The molecule has 9 heteroatoms. The summed E-state index contributed by atoms with van der Waals surface area (Å²) in [6.45, 7) is 1.59. The number of hydrogen-bond donors (Lipinski definition) is 1. The highest BCUT2D eigenvalue weighted by Gasteiger charge is 2.30. The number of amides is 1. The molecule has 0 unspecified atom stereocenters. The van der Waals surface area contributed by atoms with E-state index in [-0.39, 0.29) is 23.4 Å². The fraction of sp³-hybridized carbons (Fsp3) is 0.353. The Balaban J connectivity index is 1.98. The van der Waals surface area contributed by atoms with Gasteiger partial charge in [0.25, 0.3) is 0 Å². The SMILES string of the molecule is CN1CCN(c2c(F)cc3c(=O)c(C(=O)O)cn4c3c2SCC4)CC1=O. The zero-order valence-electron chi connectivity index (χ0n) is 14.0. The first-order chi connectivity index (χ1) is 12.4. The van der Waals surface area contributed by atoms with E-state index >= 15 is 0 Å². The Labute approximate surface area is 152 Å². The fourth-order valence-electron chi connectivity index (χ4n) is 3.44. The summed E-state index contributed by atoms with van der Waals surface area (Å²) in [5.41, 5.74) is -0.191. The Morgan fingerprint density at radius 1 is 1.27 bits per heavy atom. The fourth-order valence-corrected chi connectivity index (χ4v) is 4.66. The first kappa shape index (κ1) is 16.9. The van der Waals surface area contributed by atoms with Gasteiger partial charge in [-0.15, -0.1) is 11.8 Å². The minimum Gasteiger partial charge on any atom is -0.477 e. The maximum atomic E-state index is 15.0. The highest BCUT2D eigenvalue weighted by molar-refractivity contribution is 7.99. The van der Waals surface area contributed by atoms with Gasteiger partial charge in [-0.25, -0.2) is 9.18 Å². The van der Waals surface area contributed by atoms with Crippen LogP contribution in [-0.4, -0.2) is 58.9 Å². The van der Waals surface area contributed by atoms with Gasteiger partial charge in [0, 0.05) is 38.6 Å². The molecule has 0 aliphatic carbocycles. The number of carboxylic acids is 1. The van der Waals surface area contributed by atoms with Gasteiger partial charge in [0.2, 0.25) is 11.3 Å². The maximum absolute atomic E-state index is 15.0. The van der Waals surface area contributed by atoms with Gasteiger partial charge in [-0.3, -0.25) is 9.59 Å². The highest BCUT2D eigenvalue weighted by Crippen LogP contribution is 2.41. The van der Waals surface area contributed by atoms with Gasteiger partial charge in [0.1, 0.15) is 11.4 Å². The summed E-state index contributed by atoms with van der Waals surface area (Å²) < 4.78 is 16.7. The van der Waals surface area contributed by atoms with Crippen LogP contribution in [0.2, 0.25) is 0 Å². The van der Waals surface area contributed by atoms with Crippen LogP contribution in [0.5, 0.6) is 0 Å². The molecule has 0 spiro atoms. The molecule has 0 bridgehead atoms. The second kappa shape index (κ2) is 6.01. The molecule has 4 rings (SSSR count). The number of likely N-dealkylation sites (N-methyl/N-ethyl adjacent to an activating group) is 1. The largest absolute Gasteiger partial charge is 0.477 e. The third kappa shape index (κ3) is 2.45. The summed E-state index contributed by atoms with van der Waals surface area (Å²) in [6.07, 6.45) is 1.33. The maximum Gasteiger partial charge on any atom is 0.341 e. The number of hydrogen-bond acceptors (Lipinski definition) is 5. The number of aromatic nitrogens is 1. The van der Waals surface area contributed by atoms with Crippen LogP contribution in [0, 0.1) is 5.82 Å². The van der Waals surface area contributed by atoms with E-state index in [1.165, 1.54) is 18.0 Å². The number of thioether (sulfide) groups is 1. The number of aromatic carboxylic acids is 1. The summed E-state index contributed by atoms with van der Waals surface area (Å²) in [4.78, 5) is 39.8. The molecular weight excluding hydrogens is 361 g/mol. The van der Waals surface area contributed by atoms with Crippen LogP contribution in [0.3, 0.4) is 0 Å². The Kier molecular flexibility index (Phi) is 3.91. The lowest BCUT2D eigenvalue weighted by atomic mass is 10.1. The molecular formula is C17H16FN3O4S. The summed E-state index contributed by atoms with van der Waals surface area (Å²) in [7, 11) is 1.71. The molecule has 0 radical (unpaired) electrons. The molecule has 2 aromatic rings. The number of pyridine rings is 1. The molecule has 1 aromatic carbocycles. The lowest BCUT2D eigenvalue weighted by molar-refractivity contribution is -0.129. The van der Waals surface area contributed by atoms with Crippen LogP contribution >= 0.6 is 11.8 Å². The number of carboxylic acid groups (broad SMARTS) is 1. The van der Waals surface area contributed by atoms with Crippen LogP contribution in [0.25, 0.3) is 10.9 Å². The standard InChI is InChI=1S/C17H16FN3O4S/c1-19-2-3-20(8-12(19)22)14-11(18)6-9-13-16(14)26-5-4-21(13)7-10(15(9)23)17(24)25/h6-7H,2-5,8H2,1H3,(H,24,25). The van der Waals surface area contributed by atoms with Gasteiger partial charge in [-0.05, 0) is 6.07 Å². The second-order valence-corrected chi connectivity index (χ2v) is 7.49. The van der Waals surface area contributed by atoms with E-state index in [0.717, 1.165) is 6.07 Å². The smallest absolute Gasteiger partial charge is 0.341 e. The van der Waals surface area contributed by atoms with Crippen LogP contribution in [0.1, 0.15) is 10.4 Å². The van der Waals surface area contributed by atoms with E-state index in [0.29, 0.717) is 41.5 Å². The minimum atomic E-state index is -1.32. The summed E-state index contributed by atoms with van der Waals surface area (Å²) in [6, 6.07) is 1.11. The predicted molar refractivity (Wildman–Crippen MR) is 95.7 cm³/mol. The van der Waals surface area contributed by atoms with Gasteiger partial charge in [0.05, 0.1) is 28.0 Å². The van der Waals surface area contributed by atoms with Gasteiger partial charge in [0.15, 0.2) is 0 Å². The van der Waals surface area contributed by atoms with Gasteiger partial charge in [-0.1, -0.05) is 0 Å². The third-order valence-electron chi connectivity index (χ3n) is 4.83. The van der Waals surface area contributed by atoms with E-state index in [2.05, 4.69) is 0 Å². The summed E-state index contributed by atoms with van der Waals surface area (Å²) >= 11 is 1.43. The number of benzene rings is 1. The number of piperazine rings is 1. The molecule has 136 valence electrons. The number of halogens is 1. The zero-order chi connectivity index (χ0) is 18.6. The lowest BCUT2D eigenvalue weighted by Gasteiger charge is -2.35. The van der Waals surface area contributed by atoms with Crippen molar-refractivity contribution >= 4 is 40.2 Å². The zero-order valence-corrected chi connectivity index (χ0v) is 14.8. The molecule has 1 amide bonds. The number of aryl methyl sites for hydroxylation is 1. The summed E-state index contributed by atoms with van der Waals surface area (Å²) in [5.74, 6) is -1.40. The molecule has 0 saturated carbocycles. The second-order valence-electron chi connectivity index (χ2n) is 6.39. The van der Waals surface area contributed by atoms with Crippen molar-refractivity contribution in [3.63, 3.8) is 0 Å². The quantitative estimate of drug-likeness (QED) is 0.848. The number of carbonyl (C=O) groups excluding carboxylic acids is 1. The number of anilines is 1. The number of rotatable bonds is 2. The summed E-state index contributed by atoms with van der Waals surface area (Å²) in [5, 5.41) is 9.32. The Morgan fingerprint density at radius 2 is 2.04 bits per heavy atom. The first-order valence-corrected chi connectivity index (χ1v) is 9.11. The average Bonchev–Trinajstić information content (AvgIpc) is 2.60. The monoisotopic (exact) mass is 377 g/mol. The molecule has 2 aliphatic heterocycles. The molecule has 26 heavy (non-hydrogen) atoms. The molecule has 1 N–H and O–H groups in total. The molecule has 1 fully saturated rings. The van der Waals surface area contributed by atoms with Crippen molar-refractivity contribution in [2.45, 2.75) is 11.4 Å².